The summed E-state index contributed by atoms with van der Waals surface area (Å²) in [5.74, 6) is 1.68. The minimum atomic E-state index is 0.244. The molecule has 1 N–H and O–H groups in total. The molecular weight excluding hydrogens is 224 g/mol. The molecule has 0 aliphatic heterocycles. The van der Waals surface area contributed by atoms with Crippen molar-refractivity contribution in [3.63, 3.8) is 0 Å². The molecule has 1 aromatic carbocycles. The molecule has 2 atom stereocenters. The van der Waals surface area contributed by atoms with E-state index in [-0.39, 0.29) is 6.61 Å². The van der Waals surface area contributed by atoms with Gasteiger partial charge >= 0.3 is 0 Å². The van der Waals surface area contributed by atoms with Gasteiger partial charge in [0.25, 0.3) is 0 Å². The molecule has 1 saturated carbocycles. The number of benzene rings is 1. The van der Waals surface area contributed by atoms with Gasteiger partial charge < -0.3 is 9.84 Å². The minimum absolute atomic E-state index is 0.244. The molecule has 18 heavy (non-hydrogen) atoms. The van der Waals surface area contributed by atoms with Crippen molar-refractivity contribution < 1.29 is 9.84 Å². The van der Waals surface area contributed by atoms with Crippen LogP contribution in [0.4, 0.5) is 0 Å². The highest BCUT2D eigenvalue weighted by molar-refractivity contribution is 5.33. The lowest BCUT2D eigenvalue weighted by Crippen LogP contribution is -2.28. The van der Waals surface area contributed by atoms with Crippen molar-refractivity contribution in [3.8, 4) is 5.75 Å². The van der Waals surface area contributed by atoms with Crippen molar-refractivity contribution in [2.45, 2.75) is 51.6 Å². The van der Waals surface area contributed by atoms with Gasteiger partial charge in [-0.3, -0.25) is 0 Å². The van der Waals surface area contributed by atoms with Crippen LogP contribution in [-0.4, -0.2) is 17.8 Å². The Morgan fingerprint density at radius 1 is 1.22 bits per heavy atom. The lowest BCUT2D eigenvalue weighted by molar-refractivity contribution is 0.101. The topological polar surface area (TPSA) is 29.5 Å². The largest absolute Gasteiger partial charge is 0.490 e. The summed E-state index contributed by atoms with van der Waals surface area (Å²) in [4.78, 5) is 0. The smallest absolute Gasteiger partial charge is 0.122 e. The van der Waals surface area contributed by atoms with E-state index in [0.717, 1.165) is 18.6 Å². The van der Waals surface area contributed by atoms with Crippen molar-refractivity contribution in [3.05, 3.63) is 29.8 Å². The summed E-state index contributed by atoms with van der Waals surface area (Å²) < 4.78 is 6.21. The molecule has 2 rings (SSSR count). The molecule has 1 fully saturated rings. The van der Waals surface area contributed by atoms with Crippen molar-refractivity contribution in [2.75, 3.05) is 6.61 Å². The second-order valence-corrected chi connectivity index (χ2v) is 5.35. The number of ether oxygens (including phenoxy) is 1. The van der Waals surface area contributed by atoms with Gasteiger partial charge in [-0.05, 0) is 49.7 Å². The molecule has 0 radical (unpaired) electrons. The van der Waals surface area contributed by atoms with Crippen LogP contribution in [0.25, 0.3) is 0 Å². The second-order valence-electron chi connectivity index (χ2n) is 5.35. The molecule has 1 aliphatic rings. The average molecular weight is 248 g/mol. The predicted molar refractivity (Wildman–Crippen MR) is 73.9 cm³/mol. The molecule has 0 amide bonds. The Kier molecular flexibility index (Phi) is 5.06. The molecule has 0 spiro atoms. The first-order valence-electron chi connectivity index (χ1n) is 7.16. The second kappa shape index (κ2) is 6.79. The molecule has 1 aromatic rings. The van der Waals surface area contributed by atoms with E-state index in [0.29, 0.717) is 12.0 Å². The SMILES string of the molecule is C[C@@H]1CCCC[C@@H]1Oc1ccccc1CCCO. The van der Waals surface area contributed by atoms with Crippen LogP contribution in [0, 0.1) is 5.92 Å². The van der Waals surface area contributed by atoms with Crippen LogP contribution in [-0.2, 0) is 6.42 Å². The third-order valence-electron chi connectivity index (χ3n) is 3.89. The van der Waals surface area contributed by atoms with E-state index in [1.807, 2.05) is 12.1 Å². The number of para-hydroxylation sites is 1. The van der Waals surface area contributed by atoms with Crippen LogP contribution in [0.1, 0.15) is 44.6 Å². The van der Waals surface area contributed by atoms with E-state index in [9.17, 15) is 0 Å². The first-order chi connectivity index (χ1) is 8.81. The van der Waals surface area contributed by atoms with Gasteiger partial charge in [0, 0.05) is 6.61 Å². The fraction of sp³-hybridized carbons (Fsp3) is 0.625. The summed E-state index contributed by atoms with van der Waals surface area (Å²) >= 11 is 0. The highest BCUT2D eigenvalue weighted by atomic mass is 16.5. The summed E-state index contributed by atoms with van der Waals surface area (Å²) in [7, 11) is 0. The molecule has 0 bridgehead atoms. The molecule has 0 heterocycles. The third-order valence-corrected chi connectivity index (χ3v) is 3.89. The van der Waals surface area contributed by atoms with Gasteiger partial charge in [-0.15, -0.1) is 0 Å². The number of rotatable bonds is 5. The highest BCUT2D eigenvalue weighted by Gasteiger charge is 2.23. The van der Waals surface area contributed by atoms with Crippen molar-refractivity contribution in [1.29, 1.82) is 0 Å². The maximum absolute atomic E-state index is 8.94. The van der Waals surface area contributed by atoms with Gasteiger partial charge in [-0.1, -0.05) is 31.5 Å². The van der Waals surface area contributed by atoms with Crippen LogP contribution in [0.15, 0.2) is 24.3 Å². The Morgan fingerprint density at radius 3 is 2.78 bits per heavy atom. The van der Waals surface area contributed by atoms with Crippen LogP contribution < -0.4 is 4.74 Å². The molecule has 1 aliphatic carbocycles. The van der Waals surface area contributed by atoms with Gasteiger partial charge in [0.2, 0.25) is 0 Å². The van der Waals surface area contributed by atoms with Gasteiger partial charge in [0.1, 0.15) is 11.9 Å². The lowest BCUT2D eigenvalue weighted by atomic mass is 9.88. The monoisotopic (exact) mass is 248 g/mol. The summed E-state index contributed by atoms with van der Waals surface area (Å²) in [5.41, 5.74) is 1.23. The van der Waals surface area contributed by atoms with Crippen molar-refractivity contribution in [1.82, 2.24) is 0 Å². The molecule has 0 aromatic heterocycles. The van der Waals surface area contributed by atoms with Gasteiger partial charge in [-0.25, -0.2) is 0 Å². The molecule has 0 unspecified atom stereocenters. The zero-order valence-electron chi connectivity index (χ0n) is 11.3. The Hall–Kier alpha value is -1.02. The van der Waals surface area contributed by atoms with Gasteiger partial charge in [0.05, 0.1) is 0 Å². The van der Waals surface area contributed by atoms with E-state index in [4.69, 9.17) is 9.84 Å². The summed E-state index contributed by atoms with van der Waals surface area (Å²) in [6.07, 6.45) is 7.16. The van der Waals surface area contributed by atoms with E-state index in [1.165, 1.54) is 31.2 Å². The zero-order valence-corrected chi connectivity index (χ0v) is 11.3. The predicted octanol–water partition coefficient (Wildman–Crippen LogP) is 3.57. The van der Waals surface area contributed by atoms with Crippen LogP contribution in [0.5, 0.6) is 5.75 Å². The number of hydrogen-bond donors (Lipinski definition) is 1. The quantitative estimate of drug-likeness (QED) is 0.863. The number of hydrogen-bond acceptors (Lipinski definition) is 2. The van der Waals surface area contributed by atoms with E-state index in [2.05, 4.69) is 19.1 Å². The number of aliphatic hydroxyl groups excluding tert-OH is 1. The fourth-order valence-corrected chi connectivity index (χ4v) is 2.72. The summed E-state index contributed by atoms with van der Waals surface area (Å²) in [5, 5.41) is 8.94. The van der Waals surface area contributed by atoms with E-state index in [1.54, 1.807) is 0 Å². The van der Waals surface area contributed by atoms with Crippen molar-refractivity contribution >= 4 is 0 Å². The molecule has 2 nitrogen and oxygen atoms in total. The first kappa shape index (κ1) is 13.4. The lowest BCUT2D eigenvalue weighted by Gasteiger charge is -2.30. The van der Waals surface area contributed by atoms with Crippen LogP contribution in [0.3, 0.4) is 0 Å². The molecule has 2 heteroatoms. The zero-order chi connectivity index (χ0) is 12.8. The van der Waals surface area contributed by atoms with Crippen molar-refractivity contribution in [2.24, 2.45) is 5.92 Å². The molecule has 100 valence electrons. The van der Waals surface area contributed by atoms with Gasteiger partial charge in [0.15, 0.2) is 0 Å². The van der Waals surface area contributed by atoms with E-state index >= 15 is 0 Å². The average Bonchev–Trinajstić information content (AvgIpc) is 2.40. The summed E-state index contributed by atoms with van der Waals surface area (Å²) in [6, 6.07) is 8.25. The van der Waals surface area contributed by atoms with Gasteiger partial charge in [-0.2, -0.15) is 0 Å². The number of aliphatic hydroxyl groups is 1. The Balaban J connectivity index is 2.03. The van der Waals surface area contributed by atoms with Crippen LogP contribution >= 0.6 is 0 Å². The standard InChI is InChI=1S/C16H24O2/c1-13-7-2-4-10-15(13)18-16-11-5-3-8-14(16)9-6-12-17/h3,5,8,11,13,15,17H,2,4,6-7,9-10,12H2,1H3/t13-,15+/m1/s1. The normalized spacial score (nSPS) is 23.9. The molecular formula is C16H24O2. The maximum Gasteiger partial charge on any atom is 0.122 e. The molecule has 0 saturated heterocycles. The Morgan fingerprint density at radius 2 is 2.00 bits per heavy atom. The third kappa shape index (κ3) is 3.49. The number of aryl methyl sites for hydroxylation is 1. The first-order valence-corrected chi connectivity index (χ1v) is 7.16. The minimum Gasteiger partial charge on any atom is -0.490 e. The maximum atomic E-state index is 8.94. The fourth-order valence-electron chi connectivity index (χ4n) is 2.72. The Labute approximate surface area is 110 Å². The van der Waals surface area contributed by atoms with E-state index < -0.39 is 0 Å². The Bertz CT molecular complexity index is 362. The summed E-state index contributed by atoms with van der Waals surface area (Å²) in [6.45, 7) is 2.54. The highest BCUT2D eigenvalue weighted by Crippen LogP contribution is 2.30. The van der Waals surface area contributed by atoms with Crippen LogP contribution in [0.2, 0.25) is 0 Å².